The molecule has 7 nitrogen and oxygen atoms in total. The number of alkyl carbamates (subject to hydrolysis) is 1. The average molecular weight is 317 g/mol. The van der Waals surface area contributed by atoms with Crippen LogP contribution in [0.1, 0.15) is 6.42 Å². The number of nitrogen functional groups attached to an aromatic ring is 1. The van der Waals surface area contributed by atoms with Crippen molar-refractivity contribution < 1.29 is 22.3 Å². The van der Waals surface area contributed by atoms with Crippen molar-refractivity contribution in [2.75, 3.05) is 25.9 Å². The fourth-order valence-electron chi connectivity index (χ4n) is 2.22. The van der Waals surface area contributed by atoms with Gasteiger partial charge in [0.2, 0.25) is 10.0 Å². The van der Waals surface area contributed by atoms with Crippen LogP contribution in [-0.2, 0) is 14.8 Å². The van der Waals surface area contributed by atoms with Gasteiger partial charge in [-0.15, -0.1) is 0 Å². The number of sulfonamides is 1. The molecule has 21 heavy (non-hydrogen) atoms. The van der Waals surface area contributed by atoms with Crippen LogP contribution in [0.2, 0.25) is 0 Å². The predicted octanol–water partition coefficient (Wildman–Crippen LogP) is 0.527. The molecule has 1 unspecified atom stereocenters. The zero-order valence-corrected chi connectivity index (χ0v) is 12.2. The van der Waals surface area contributed by atoms with Gasteiger partial charge in [-0.25, -0.2) is 17.6 Å². The Morgan fingerprint density at radius 1 is 1.52 bits per heavy atom. The summed E-state index contributed by atoms with van der Waals surface area (Å²) >= 11 is 0. The molecule has 9 heteroatoms. The molecule has 1 saturated heterocycles. The summed E-state index contributed by atoms with van der Waals surface area (Å²) in [6.07, 6.45) is -0.215. The van der Waals surface area contributed by atoms with Gasteiger partial charge in [0.15, 0.2) is 0 Å². The van der Waals surface area contributed by atoms with E-state index in [0.29, 0.717) is 6.42 Å². The summed E-state index contributed by atoms with van der Waals surface area (Å²) in [5.41, 5.74) is 5.44. The normalized spacial score (nSPS) is 19.4. The van der Waals surface area contributed by atoms with Crippen molar-refractivity contribution in [3.05, 3.63) is 24.0 Å². The van der Waals surface area contributed by atoms with Gasteiger partial charge < -0.3 is 15.8 Å². The van der Waals surface area contributed by atoms with Crippen LogP contribution in [0, 0.1) is 5.82 Å². The molecular weight excluding hydrogens is 301 g/mol. The van der Waals surface area contributed by atoms with E-state index in [1.54, 1.807) is 0 Å². The standard InChI is InChI=1S/C12H16FN3O4S/c1-20-12(17)15-8-5-6-16(7-8)21(18,19)11-9(13)3-2-4-10(11)14/h2-4,8H,5-7,14H2,1H3,(H,15,17). The zero-order chi connectivity index (χ0) is 15.6. The van der Waals surface area contributed by atoms with Gasteiger partial charge in [0, 0.05) is 19.1 Å². The quantitative estimate of drug-likeness (QED) is 0.792. The Balaban J connectivity index is 2.20. The number of nitrogens with one attached hydrogen (secondary N) is 1. The number of amides is 1. The predicted molar refractivity (Wildman–Crippen MR) is 73.5 cm³/mol. The first-order valence-electron chi connectivity index (χ1n) is 6.25. The van der Waals surface area contributed by atoms with Crippen LogP contribution in [0.25, 0.3) is 0 Å². The van der Waals surface area contributed by atoms with E-state index in [9.17, 15) is 17.6 Å². The highest BCUT2D eigenvalue weighted by Crippen LogP contribution is 2.27. The number of benzene rings is 1. The van der Waals surface area contributed by atoms with Crippen molar-refractivity contribution in [1.82, 2.24) is 9.62 Å². The van der Waals surface area contributed by atoms with E-state index in [2.05, 4.69) is 10.1 Å². The molecule has 0 aromatic heterocycles. The van der Waals surface area contributed by atoms with E-state index in [-0.39, 0.29) is 24.8 Å². The first-order valence-corrected chi connectivity index (χ1v) is 7.69. The maximum atomic E-state index is 13.8. The molecule has 0 spiro atoms. The molecule has 1 amide bonds. The van der Waals surface area contributed by atoms with Crippen LogP contribution in [-0.4, -0.2) is 45.1 Å². The number of carbonyl (C=O) groups is 1. The maximum absolute atomic E-state index is 13.8. The van der Waals surface area contributed by atoms with Crippen LogP contribution in [0.4, 0.5) is 14.9 Å². The summed E-state index contributed by atoms with van der Waals surface area (Å²) in [5, 5.41) is 2.52. The van der Waals surface area contributed by atoms with Crippen LogP contribution in [0.15, 0.2) is 23.1 Å². The SMILES string of the molecule is COC(=O)NC1CCN(S(=O)(=O)c2c(N)cccc2F)C1. The van der Waals surface area contributed by atoms with E-state index in [1.807, 2.05) is 0 Å². The Labute approximate surface area is 121 Å². The van der Waals surface area contributed by atoms with E-state index in [0.717, 1.165) is 10.4 Å². The molecule has 1 fully saturated rings. The molecule has 0 aliphatic carbocycles. The van der Waals surface area contributed by atoms with Crippen molar-refractivity contribution >= 4 is 21.8 Å². The molecule has 1 aromatic rings. The van der Waals surface area contributed by atoms with Crippen molar-refractivity contribution in [1.29, 1.82) is 0 Å². The van der Waals surface area contributed by atoms with Gasteiger partial charge in [0.05, 0.1) is 12.8 Å². The topological polar surface area (TPSA) is 102 Å². The zero-order valence-electron chi connectivity index (χ0n) is 11.4. The highest BCUT2D eigenvalue weighted by molar-refractivity contribution is 7.89. The van der Waals surface area contributed by atoms with Crippen LogP contribution in [0.3, 0.4) is 0 Å². The fraction of sp³-hybridized carbons (Fsp3) is 0.417. The van der Waals surface area contributed by atoms with Gasteiger partial charge in [-0.05, 0) is 18.6 Å². The van der Waals surface area contributed by atoms with E-state index in [1.165, 1.54) is 19.2 Å². The third-order valence-corrected chi connectivity index (χ3v) is 5.21. The molecule has 0 bridgehead atoms. The summed E-state index contributed by atoms with van der Waals surface area (Å²) in [5.74, 6) is -0.889. The second kappa shape index (κ2) is 5.86. The third-order valence-electron chi connectivity index (χ3n) is 3.25. The second-order valence-electron chi connectivity index (χ2n) is 4.64. The molecular formula is C12H16FN3O4S. The van der Waals surface area contributed by atoms with Crippen LogP contribution >= 0.6 is 0 Å². The van der Waals surface area contributed by atoms with E-state index >= 15 is 0 Å². The fourth-order valence-corrected chi connectivity index (χ4v) is 3.88. The van der Waals surface area contributed by atoms with Crippen molar-refractivity contribution in [3.63, 3.8) is 0 Å². The van der Waals surface area contributed by atoms with Gasteiger partial charge in [-0.1, -0.05) is 6.07 Å². The Hall–Kier alpha value is -1.87. The largest absolute Gasteiger partial charge is 0.453 e. The Kier molecular flexibility index (Phi) is 4.33. The highest BCUT2D eigenvalue weighted by atomic mass is 32.2. The summed E-state index contributed by atoms with van der Waals surface area (Å²) < 4.78 is 44.2. The minimum atomic E-state index is -4.03. The third kappa shape index (κ3) is 3.08. The van der Waals surface area contributed by atoms with Gasteiger partial charge in [-0.3, -0.25) is 0 Å². The lowest BCUT2D eigenvalue weighted by molar-refractivity contribution is 0.167. The van der Waals surface area contributed by atoms with Gasteiger partial charge in [-0.2, -0.15) is 4.31 Å². The van der Waals surface area contributed by atoms with Gasteiger partial charge in [0.25, 0.3) is 0 Å². The number of nitrogens with two attached hydrogens (primary N) is 1. The lowest BCUT2D eigenvalue weighted by atomic mass is 10.3. The minimum Gasteiger partial charge on any atom is -0.453 e. The molecule has 0 saturated carbocycles. The number of anilines is 1. The highest BCUT2D eigenvalue weighted by Gasteiger charge is 2.36. The molecule has 1 heterocycles. The van der Waals surface area contributed by atoms with Crippen LogP contribution < -0.4 is 11.1 Å². The number of rotatable bonds is 3. The van der Waals surface area contributed by atoms with Gasteiger partial charge >= 0.3 is 6.09 Å². The molecule has 1 aliphatic heterocycles. The monoisotopic (exact) mass is 317 g/mol. The van der Waals surface area contributed by atoms with Crippen LogP contribution in [0.5, 0.6) is 0 Å². The van der Waals surface area contributed by atoms with Crippen molar-refractivity contribution in [2.24, 2.45) is 0 Å². The maximum Gasteiger partial charge on any atom is 0.407 e. The smallest absolute Gasteiger partial charge is 0.407 e. The second-order valence-corrected chi connectivity index (χ2v) is 6.52. The number of ether oxygens (including phenoxy) is 1. The number of methoxy groups -OCH3 is 1. The number of carbonyl (C=O) groups excluding carboxylic acids is 1. The molecule has 1 aromatic carbocycles. The van der Waals surface area contributed by atoms with Crippen molar-refractivity contribution in [2.45, 2.75) is 17.4 Å². The molecule has 1 atom stereocenters. The lowest BCUT2D eigenvalue weighted by Crippen LogP contribution is -2.38. The van der Waals surface area contributed by atoms with E-state index in [4.69, 9.17) is 5.73 Å². The first kappa shape index (κ1) is 15.5. The lowest BCUT2D eigenvalue weighted by Gasteiger charge is -2.18. The minimum absolute atomic E-state index is 0.0468. The van der Waals surface area contributed by atoms with Gasteiger partial charge in [0.1, 0.15) is 10.7 Å². The summed E-state index contributed by atoms with van der Waals surface area (Å²) in [6.45, 7) is 0.218. The molecule has 0 radical (unpaired) electrons. The Bertz CT molecular complexity index is 630. The summed E-state index contributed by atoms with van der Waals surface area (Å²) in [4.78, 5) is 10.6. The summed E-state index contributed by atoms with van der Waals surface area (Å²) in [6, 6.07) is 3.34. The molecule has 116 valence electrons. The average Bonchev–Trinajstić information content (AvgIpc) is 2.87. The van der Waals surface area contributed by atoms with Crippen molar-refractivity contribution in [3.8, 4) is 0 Å². The number of halogens is 1. The Morgan fingerprint density at radius 3 is 2.86 bits per heavy atom. The Morgan fingerprint density at radius 2 is 2.24 bits per heavy atom. The number of hydrogen-bond acceptors (Lipinski definition) is 5. The number of nitrogens with zero attached hydrogens (tertiary/aromatic N) is 1. The molecule has 3 N–H and O–H groups in total. The summed E-state index contributed by atoms with van der Waals surface area (Å²) in [7, 11) is -2.81. The first-order chi connectivity index (χ1) is 9.86. The molecule has 1 aliphatic rings. The molecule has 2 rings (SSSR count). The van der Waals surface area contributed by atoms with E-state index < -0.39 is 26.8 Å². The number of hydrogen-bond donors (Lipinski definition) is 2.